The van der Waals surface area contributed by atoms with E-state index in [4.69, 9.17) is 4.52 Å². The summed E-state index contributed by atoms with van der Waals surface area (Å²) >= 11 is 0. The molecular formula is C15H16N4O5S. The third kappa shape index (κ3) is 3.69. The second kappa shape index (κ2) is 6.30. The number of carbonyl (C=O) groups is 2. The molecule has 2 heterocycles. The van der Waals surface area contributed by atoms with Crippen LogP contribution in [0.1, 0.15) is 18.2 Å². The predicted molar refractivity (Wildman–Crippen MR) is 88.4 cm³/mol. The summed E-state index contributed by atoms with van der Waals surface area (Å²) in [6, 6.07) is 4.80. The van der Waals surface area contributed by atoms with Gasteiger partial charge in [0.1, 0.15) is 5.76 Å². The molecule has 1 aromatic carbocycles. The molecule has 1 aliphatic rings. The molecule has 1 aromatic heterocycles. The predicted octanol–water partition coefficient (Wildman–Crippen LogP) is 0.783. The van der Waals surface area contributed by atoms with Crippen LogP contribution in [0.15, 0.2) is 33.7 Å². The Hall–Kier alpha value is -2.72. The van der Waals surface area contributed by atoms with Crippen molar-refractivity contribution in [3.05, 3.63) is 35.6 Å². The molecule has 0 radical (unpaired) electrons. The molecule has 2 amide bonds. The highest BCUT2D eigenvalue weighted by Gasteiger charge is 2.25. The number of hydrogen-bond donors (Lipinski definition) is 3. The lowest BCUT2D eigenvalue weighted by Crippen LogP contribution is -2.41. The van der Waals surface area contributed by atoms with Gasteiger partial charge in [0.15, 0.2) is 5.82 Å². The molecule has 3 rings (SSSR count). The topological polar surface area (TPSA) is 130 Å². The highest BCUT2D eigenvalue weighted by molar-refractivity contribution is 7.89. The van der Waals surface area contributed by atoms with Gasteiger partial charge in [-0.1, -0.05) is 5.16 Å². The molecule has 0 saturated carbocycles. The number of benzene rings is 1. The largest absolute Gasteiger partial charge is 0.360 e. The average molecular weight is 364 g/mol. The van der Waals surface area contributed by atoms with Gasteiger partial charge in [-0.25, -0.2) is 8.42 Å². The van der Waals surface area contributed by atoms with Gasteiger partial charge in [-0.3, -0.25) is 9.59 Å². The van der Waals surface area contributed by atoms with Crippen LogP contribution in [-0.2, 0) is 26.0 Å². The summed E-state index contributed by atoms with van der Waals surface area (Å²) in [7, 11) is -3.92. The second-order valence-electron chi connectivity index (χ2n) is 5.70. The Morgan fingerprint density at radius 2 is 2.12 bits per heavy atom. The molecular weight excluding hydrogens is 348 g/mol. The van der Waals surface area contributed by atoms with E-state index in [0.717, 1.165) is 0 Å². The molecule has 1 aliphatic heterocycles. The zero-order valence-corrected chi connectivity index (χ0v) is 14.3. The van der Waals surface area contributed by atoms with Crippen LogP contribution in [0.4, 0.5) is 11.5 Å². The summed E-state index contributed by atoms with van der Waals surface area (Å²) in [6.07, 6.45) is 0.125. The first-order valence-electron chi connectivity index (χ1n) is 7.44. The third-order valence-corrected chi connectivity index (χ3v) is 5.15. The monoisotopic (exact) mass is 364 g/mol. The number of anilines is 2. The molecule has 0 fully saturated rings. The molecule has 0 aliphatic carbocycles. The molecule has 0 saturated heterocycles. The molecule has 2 aromatic rings. The van der Waals surface area contributed by atoms with Crippen molar-refractivity contribution in [1.82, 2.24) is 9.88 Å². The summed E-state index contributed by atoms with van der Waals surface area (Å²) in [5.74, 6) is -0.0384. The van der Waals surface area contributed by atoms with Crippen LogP contribution in [0, 0.1) is 6.92 Å². The van der Waals surface area contributed by atoms with Gasteiger partial charge in [-0.2, -0.15) is 4.72 Å². The van der Waals surface area contributed by atoms with Gasteiger partial charge in [0, 0.05) is 11.8 Å². The van der Waals surface area contributed by atoms with E-state index in [9.17, 15) is 18.0 Å². The standard InChI is InChI=1S/C15H16N4O5S/c1-8-5-13(18-24-8)17-15(21)9(2)19-25(22,23)11-3-4-12-10(6-11)7-14(20)16-12/h3-6,9,19H,7H2,1-2H3,(H,16,20)(H,17,18,21)/t9-/m0/s1. The van der Waals surface area contributed by atoms with Crippen molar-refractivity contribution < 1.29 is 22.5 Å². The number of hydrogen-bond acceptors (Lipinski definition) is 6. The fourth-order valence-corrected chi connectivity index (χ4v) is 3.64. The summed E-state index contributed by atoms with van der Waals surface area (Å²) in [4.78, 5) is 23.4. The zero-order valence-electron chi connectivity index (χ0n) is 13.5. The van der Waals surface area contributed by atoms with Crippen LogP contribution in [0.25, 0.3) is 0 Å². The number of sulfonamides is 1. The fraction of sp³-hybridized carbons (Fsp3) is 0.267. The molecule has 0 unspecified atom stereocenters. The Kier molecular flexibility index (Phi) is 4.31. The maximum absolute atomic E-state index is 12.5. The number of amides is 2. The zero-order chi connectivity index (χ0) is 18.2. The van der Waals surface area contributed by atoms with E-state index in [-0.39, 0.29) is 23.0 Å². The number of aromatic nitrogens is 1. The van der Waals surface area contributed by atoms with Gasteiger partial charge in [-0.05, 0) is 37.6 Å². The van der Waals surface area contributed by atoms with Crippen molar-refractivity contribution in [1.29, 1.82) is 0 Å². The van der Waals surface area contributed by atoms with Gasteiger partial charge in [0.2, 0.25) is 21.8 Å². The molecule has 9 nitrogen and oxygen atoms in total. The SMILES string of the molecule is Cc1cc(NC(=O)[C@H](C)NS(=O)(=O)c2ccc3c(c2)CC(=O)N3)no1. The number of fused-ring (bicyclic) bond motifs is 1. The first kappa shape index (κ1) is 17.1. The van der Waals surface area contributed by atoms with E-state index in [1.54, 1.807) is 6.92 Å². The van der Waals surface area contributed by atoms with E-state index in [1.807, 2.05) is 0 Å². The first-order valence-corrected chi connectivity index (χ1v) is 8.92. The summed E-state index contributed by atoms with van der Waals surface area (Å²) in [6.45, 7) is 3.08. The molecule has 132 valence electrons. The molecule has 0 spiro atoms. The Bertz CT molecular complexity index is 951. The van der Waals surface area contributed by atoms with Crippen molar-refractivity contribution in [2.24, 2.45) is 0 Å². The van der Waals surface area contributed by atoms with E-state index < -0.39 is 22.0 Å². The van der Waals surface area contributed by atoms with Crippen molar-refractivity contribution in [3.63, 3.8) is 0 Å². The Morgan fingerprint density at radius 1 is 1.36 bits per heavy atom. The van der Waals surface area contributed by atoms with Crippen molar-refractivity contribution in [2.45, 2.75) is 31.2 Å². The van der Waals surface area contributed by atoms with Crippen LogP contribution in [0.2, 0.25) is 0 Å². The Morgan fingerprint density at radius 3 is 2.80 bits per heavy atom. The number of nitrogens with one attached hydrogen (secondary N) is 3. The molecule has 25 heavy (non-hydrogen) atoms. The van der Waals surface area contributed by atoms with E-state index >= 15 is 0 Å². The van der Waals surface area contributed by atoms with E-state index in [2.05, 4.69) is 20.5 Å². The minimum atomic E-state index is -3.92. The molecule has 3 N–H and O–H groups in total. The lowest BCUT2D eigenvalue weighted by molar-refractivity contribution is -0.117. The van der Waals surface area contributed by atoms with Crippen LogP contribution >= 0.6 is 0 Å². The Labute approximate surface area is 143 Å². The maximum Gasteiger partial charge on any atom is 0.243 e. The number of carbonyl (C=O) groups excluding carboxylic acids is 2. The fourth-order valence-electron chi connectivity index (χ4n) is 2.39. The summed E-state index contributed by atoms with van der Waals surface area (Å²) in [5, 5.41) is 8.71. The van der Waals surface area contributed by atoms with E-state index in [1.165, 1.54) is 31.2 Å². The minimum absolute atomic E-state index is 0.0142. The molecule has 10 heteroatoms. The number of aryl methyl sites for hydroxylation is 1. The third-order valence-electron chi connectivity index (χ3n) is 3.62. The summed E-state index contributed by atoms with van der Waals surface area (Å²) < 4.78 is 32.0. The second-order valence-corrected chi connectivity index (χ2v) is 7.41. The highest BCUT2D eigenvalue weighted by atomic mass is 32.2. The normalized spacial score (nSPS) is 14.7. The number of nitrogens with zero attached hydrogens (tertiary/aromatic N) is 1. The van der Waals surface area contributed by atoms with Crippen LogP contribution < -0.4 is 15.4 Å². The minimum Gasteiger partial charge on any atom is -0.360 e. The quantitative estimate of drug-likeness (QED) is 0.719. The highest BCUT2D eigenvalue weighted by Crippen LogP contribution is 2.25. The average Bonchev–Trinajstić information content (AvgIpc) is 3.10. The van der Waals surface area contributed by atoms with Gasteiger partial charge in [-0.15, -0.1) is 0 Å². The van der Waals surface area contributed by atoms with Crippen LogP contribution in [-0.4, -0.2) is 31.4 Å². The van der Waals surface area contributed by atoms with Crippen molar-refractivity contribution in [2.75, 3.05) is 10.6 Å². The first-order chi connectivity index (χ1) is 11.7. The van der Waals surface area contributed by atoms with Crippen molar-refractivity contribution in [3.8, 4) is 0 Å². The number of rotatable bonds is 5. The smallest absolute Gasteiger partial charge is 0.243 e. The lowest BCUT2D eigenvalue weighted by Gasteiger charge is -2.14. The van der Waals surface area contributed by atoms with E-state index in [0.29, 0.717) is 17.0 Å². The van der Waals surface area contributed by atoms with Gasteiger partial charge >= 0.3 is 0 Å². The molecule has 1 atom stereocenters. The van der Waals surface area contributed by atoms with Crippen LogP contribution in [0.5, 0.6) is 0 Å². The maximum atomic E-state index is 12.5. The van der Waals surface area contributed by atoms with Crippen LogP contribution in [0.3, 0.4) is 0 Å². The van der Waals surface area contributed by atoms with Gasteiger partial charge < -0.3 is 15.2 Å². The lowest BCUT2D eigenvalue weighted by atomic mass is 10.2. The molecule has 0 bridgehead atoms. The van der Waals surface area contributed by atoms with Gasteiger partial charge in [0.05, 0.1) is 17.4 Å². The van der Waals surface area contributed by atoms with Crippen molar-refractivity contribution >= 4 is 33.3 Å². The summed E-state index contributed by atoms with van der Waals surface area (Å²) in [5.41, 5.74) is 1.19. The Balaban J connectivity index is 1.71. The van der Waals surface area contributed by atoms with Gasteiger partial charge in [0.25, 0.3) is 0 Å².